The highest BCUT2D eigenvalue weighted by Gasteiger charge is 2.63. The van der Waals surface area contributed by atoms with E-state index in [0.29, 0.717) is 0 Å². The normalized spacial score (nSPS) is 25.3. The molecule has 4 atom stereocenters. The molecule has 1 aromatic carbocycles. The van der Waals surface area contributed by atoms with Crippen molar-refractivity contribution < 1.29 is 52.1 Å². The van der Waals surface area contributed by atoms with E-state index in [1.807, 2.05) is 0 Å². The topological polar surface area (TPSA) is 144 Å². The van der Waals surface area contributed by atoms with Crippen LogP contribution in [-0.4, -0.2) is 66.7 Å². The molecule has 1 fully saturated rings. The molecule has 1 heterocycles. The van der Waals surface area contributed by atoms with Gasteiger partial charge in [-0.25, -0.2) is 9.59 Å². The van der Waals surface area contributed by atoms with Crippen LogP contribution in [-0.2, 0) is 42.1 Å². The second kappa shape index (κ2) is 11.0. The van der Waals surface area contributed by atoms with Crippen molar-refractivity contribution in [1.82, 2.24) is 0 Å². The lowest BCUT2D eigenvalue weighted by molar-refractivity contribution is -0.187. The molecule has 0 saturated carbocycles. The van der Waals surface area contributed by atoms with Crippen molar-refractivity contribution >= 4 is 25.5 Å². The summed E-state index contributed by atoms with van der Waals surface area (Å²) in [6, 6.07) is 7.86. The molecule has 11 nitrogen and oxygen atoms in total. The zero-order chi connectivity index (χ0) is 23.9. The van der Waals surface area contributed by atoms with Crippen molar-refractivity contribution in [2.45, 2.75) is 51.8 Å². The van der Waals surface area contributed by atoms with E-state index in [2.05, 4.69) is 0 Å². The summed E-state index contributed by atoms with van der Waals surface area (Å²) in [5, 5.41) is 9.68. The second-order valence-electron chi connectivity index (χ2n) is 6.93. The largest absolute Gasteiger partial charge is 0.479 e. The molecule has 0 amide bonds. The molecule has 2 rings (SSSR count). The lowest BCUT2D eigenvalue weighted by Crippen LogP contribution is -2.53. The fourth-order valence-electron chi connectivity index (χ4n) is 3.16. The number of carboxylic acids is 1. The van der Waals surface area contributed by atoms with Crippen molar-refractivity contribution in [1.29, 1.82) is 0 Å². The van der Waals surface area contributed by atoms with Crippen molar-refractivity contribution in [3.8, 4) is 0 Å². The van der Waals surface area contributed by atoms with E-state index in [9.17, 15) is 24.1 Å². The van der Waals surface area contributed by atoms with Crippen LogP contribution in [0, 0.1) is 0 Å². The number of carbonyl (C=O) groups is 3. The summed E-state index contributed by atoms with van der Waals surface area (Å²) < 4.78 is 44.6. The number of aliphatic carboxylic acids is 1. The standard InChI is InChI=1S/C20H27O11P/c1-5-27-32(25,28-6-2)12-26-19-16(29-13(3)21)20(4,15(30-19)17(22)23)31-18(24)14-10-8-7-9-11-14/h7-11,15-16,19H,5-6,12H2,1-4H3,(H,22,23)/t15-,16-,19-,20?/m0/s1. The van der Waals surface area contributed by atoms with E-state index < -0.39 is 56.0 Å². The lowest BCUT2D eigenvalue weighted by atomic mass is 9.94. The van der Waals surface area contributed by atoms with E-state index in [-0.39, 0.29) is 18.8 Å². The van der Waals surface area contributed by atoms with E-state index in [0.717, 1.165) is 6.92 Å². The van der Waals surface area contributed by atoms with Gasteiger partial charge in [-0.1, -0.05) is 18.2 Å². The molecule has 0 radical (unpaired) electrons. The van der Waals surface area contributed by atoms with Crippen LogP contribution >= 0.6 is 7.60 Å². The van der Waals surface area contributed by atoms with E-state index >= 15 is 0 Å². The zero-order valence-electron chi connectivity index (χ0n) is 18.2. The second-order valence-corrected chi connectivity index (χ2v) is 8.93. The predicted octanol–water partition coefficient (Wildman–Crippen LogP) is 2.58. The molecule has 0 spiro atoms. The highest BCUT2D eigenvalue weighted by atomic mass is 31.2. The smallest absolute Gasteiger partial charge is 0.356 e. The number of carboxylic acid groups (broad SMARTS) is 1. The van der Waals surface area contributed by atoms with Gasteiger partial charge >= 0.3 is 25.5 Å². The van der Waals surface area contributed by atoms with Gasteiger partial charge in [-0.2, -0.15) is 0 Å². The number of ether oxygens (including phenoxy) is 4. The Bertz CT molecular complexity index is 848. The van der Waals surface area contributed by atoms with Gasteiger partial charge in [0.05, 0.1) is 18.8 Å². The Hall–Kier alpha value is -2.30. The first-order valence-electron chi connectivity index (χ1n) is 9.90. The Balaban J connectivity index is 2.33. The van der Waals surface area contributed by atoms with E-state index in [1.54, 1.807) is 32.0 Å². The summed E-state index contributed by atoms with van der Waals surface area (Å²) >= 11 is 0. The summed E-state index contributed by atoms with van der Waals surface area (Å²) in [4.78, 5) is 36.3. The van der Waals surface area contributed by atoms with Crippen molar-refractivity contribution in [2.24, 2.45) is 0 Å². The summed E-state index contributed by atoms with van der Waals surface area (Å²) in [6.45, 7) is 5.72. The van der Waals surface area contributed by atoms with Crippen LogP contribution in [0.5, 0.6) is 0 Å². The molecule has 0 aliphatic carbocycles. The quantitative estimate of drug-likeness (QED) is 0.373. The first-order chi connectivity index (χ1) is 15.1. The molecule has 1 aliphatic rings. The Morgan fingerprint density at radius 2 is 1.72 bits per heavy atom. The third-order valence-electron chi connectivity index (χ3n) is 4.49. The van der Waals surface area contributed by atoms with Crippen LogP contribution in [0.3, 0.4) is 0 Å². The summed E-state index contributed by atoms with van der Waals surface area (Å²) in [7, 11) is -3.69. The summed E-state index contributed by atoms with van der Waals surface area (Å²) in [5.41, 5.74) is -1.81. The van der Waals surface area contributed by atoms with Crippen molar-refractivity contribution in [3.63, 3.8) is 0 Å². The van der Waals surface area contributed by atoms with Gasteiger partial charge < -0.3 is 33.1 Å². The van der Waals surface area contributed by atoms with Gasteiger partial charge in [-0.15, -0.1) is 0 Å². The predicted molar refractivity (Wildman–Crippen MR) is 109 cm³/mol. The highest BCUT2D eigenvalue weighted by Crippen LogP contribution is 2.49. The van der Waals surface area contributed by atoms with E-state index in [4.69, 9.17) is 28.0 Å². The van der Waals surface area contributed by atoms with Crippen LogP contribution in [0.1, 0.15) is 38.1 Å². The van der Waals surface area contributed by atoms with Crippen molar-refractivity contribution in [2.75, 3.05) is 19.6 Å². The molecule has 0 bridgehead atoms. The molecule has 1 aromatic rings. The average molecular weight is 474 g/mol. The fraction of sp³-hybridized carbons (Fsp3) is 0.550. The summed E-state index contributed by atoms with van der Waals surface area (Å²) in [6.07, 6.45) is -5.36. The number of esters is 2. The third-order valence-corrected chi connectivity index (χ3v) is 6.26. The molecule has 32 heavy (non-hydrogen) atoms. The van der Waals surface area contributed by atoms with Gasteiger partial charge in [-0.3, -0.25) is 9.36 Å². The first-order valence-corrected chi connectivity index (χ1v) is 11.6. The Kier molecular flexibility index (Phi) is 8.94. The van der Waals surface area contributed by atoms with Gasteiger partial charge in [0.25, 0.3) is 0 Å². The minimum Gasteiger partial charge on any atom is -0.479 e. The Morgan fingerprint density at radius 3 is 2.22 bits per heavy atom. The van der Waals surface area contributed by atoms with Gasteiger partial charge in [0.2, 0.25) is 12.4 Å². The average Bonchev–Trinajstić information content (AvgIpc) is 2.99. The molecular weight excluding hydrogens is 447 g/mol. The minimum atomic E-state index is -3.69. The van der Waals surface area contributed by atoms with Crippen LogP contribution in [0.2, 0.25) is 0 Å². The maximum absolute atomic E-state index is 12.7. The maximum Gasteiger partial charge on any atom is 0.356 e. The molecule has 0 aromatic heterocycles. The van der Waals surface area contributed by atoms with Crippen LogP contribution in [0.25, 0.3) is 0 Å². The lowest BCUT2D eigenvalue weighted by Gasteiger charge is -2.32. The number of benzene rings is 1. The van der Waals surface area contributed by atoms with Gasteiger partial charge in [0, 0.05) is 6.92 Å². The minimum absolute atomic E-state index is 0.0731. The highest BCUT2D eigenvalue weighted by molar-refractivity contribution is 7.53. The molecule has 12 heteroatoms. The monoisotopic (exact) mass is 474 g/mol. The SMILES string of the molecule is CCOP(=O)(CO[C@H]1O[C@@H](C(=O)O)C(C)(OC(=O)c2ccccc2)[C@H]1OC(C)=O)OCC. The maximum atomic E-state index is 12.7. The Labute approximate surface area is 185 Å². The molecule has 178 valence electrons. The van der Waals surface area contributed by atoms with Gasteiger partial charge in [0.15, 0.2) is 18.1 Å². The molecular formula is C20H27O11P. The summed E-state index contributed by atoms with van der Waals surface area (Å²) in [5.74, 6) is -3.12. The molecule has 1 unspecified atom stereocenters. The fourth-order valence-corrected chi connectivity index (χ4v) is 4.50. The van der Waals surface area contributed by atoms with Crippen molar-refractivity contribution in [3.05, 3.63) is 35.9 Å². The molecule has 1 N–H and O–H groups in total. The number of rotatable bonds is 11. The third kappa shape index (κ3) is 6.14. The van der Waals surface area contributed by atoms with Crippen LogP contribution in [0.4, 0.5) is 0 Å². The Morgan fingerprint density at radius 1 is 1.12 bits per heavy atom. The number of carbonyl (C=O) groups excluding carboxylic acids is 2. The number of hydrogen-bond donors (Lipinski definition) is 1. The first kappa shape index (κ1) is 26.0. The molecule has 1 saturated heterocycles. The number of hydrogen-bond acceptors (Lipinski definition) is 10. The zero-order valence-corrected chi connectivity index (χ0v) is 19.1. The van der Waals surface area contributed by atoms with Crippen LogP contribution in [0.15, 0.2) is 30.3 Å². The van der Waals surface area contributed by atoms with Crippen LogP contribution < -0.4 is 0 Å². The van der Waals surface area contributed by atoms with Gasteiger partial charge in [0.1, 0.15) is 0 Å². The van der Waals surface area contributed by atoms with E-state index in [1.165, 1.54) is 19.1 Å². The van der Waals surface area contributed by atoms with Gasteiger partial charge in [-0.05, 0) is 32.9 Å². The molecule has 1 aliphatic heterocycles.